The molecule has 0 radical (unpaired) electrons. The summed E-state index contributed by atoms with van der Waals surface area (Å²) in [6, 6.07) is 8.18. The van der Waals surface area contributed by atoms with E-state index in [1.807, 2.05) is 24.3 Å². The summed E-state index contributed by atoms with van der Waals surface area (Å²) < 4.78 is 5.10. The second kappa shape index (κ2) is 3.92. The van der Waals surface area contributed by atoms with Crippen LogP contribution in [0.4, 0.5) is 0 Å². The van der Waals surface area contributed by atoms with Gasteiger partial charge in [0, 0.05) is 6.08 Å². The molecule has 1 aromatic heterocycles. The van der Waals surface area contributed by atoms with Crippen LogP contribution >= 0.6 is 0 Å². The quantitative estimate of drug-likeness (QED) is 0.718. The van der Waals surface area contributed by atoms with E-state index in [1.165, 1.54) is 11.1 Å². The normalized spacial score (nSPS) is 10.9. The average Bonchev–Trinajstić information content (AvgIpc) is 2.69. The molecule has 0 atom stereocenters. The summed E-state index contributed by atoms with van der Waals surface area (Å²) in [7, 11) is 0. The number of benzene rings is 1. The van der Waals surface area contributed by atoms with E-state index < -0.39 is 0 Å². The Morgan fingerprint density at radius 3 is 2.79 bits per heavy atom. The van der Waals surface area contributed by atoms with Crippen LogP contribution in [0.25, 0.3) is 12.2 Å². The molecule has 0 fully saturated rings. The van der Waals surface area contributed by atoms with E-state index in [4.69, 9.17) is 4.42 Å². The first-order valence-corrected chi connectivity index (χ1v) is 4.49. The minimum atomic E-state index is 0.633. The highest BCUT2D eigenvalue weighted by Crippen LogP contribution is 2.10. The predicted molar refractivity (Wildman–Crippen MR) is 56.6 cm³/mol. The van der Waals surface area contributed by atoms with Crippen molar-refractivity contribution >= 4 is 12.2 Å². The van der Waals surface area contributed by atoms with Crippen LogP contribution < -0.4 is 0 Å². The van der Waals surface area contributed by atoms with Gasteiger partial charge in [-0.1, -0.05) is 24.3 Å². The zero-order chi connectivity index (χ0) is 9.80. The van der Waals surface area contributed by atoms with Gasteiger partial charge < -0.3 is 4.42 Å². The van der Waals surface area contributed by atoms with Crippen molar-refractivity contribution in [1.82, 2.24) is 4.98 Å². The van der Waals surface area contributed by atoms with Crippen molar-refractivity contribution in [1.29, 1.82) is 0 Å². The molecular weight excluding hydrogens is 174 g/mol. The molecule has 2 aromatic rings. The van der Waals surface area contributed by atoms with Gasteiger partial charge in [-0.05, 0) is 24.1 Å². The molecule has 0 amide bonds. The van der Waals surface area contributed by atoms with E-state index in [9.17, 15) is 0 Å². The molecule has 0 aliphatic carbocycles. The maximum Gasteiger partial charge on any atom is 0.218 e. The van der Waals surface area contributed by atoms with Gasteiger partial charge in [0.2, 0.25) is 5.89 Å². The molecule has 0 aliphatic heterocycles. The summed E-state index contributed by atoms with van der Waals surface area (Å²) in [5.74, 6) is 0.633. The van der Waals surface area contributed by atoms with Gasteiger partial charge in [0.1, 0.15) is 6.26 Å². The predicted octanol–water partition coefficient (Wildman–Crippen LogP) is 3.15. The number of nitrogens with zero attached hydrogens (tertiary/aromatic N) is 1. The highest BCUT2D eigenvalue weighted by atomic mass is 16.3. The summed E-state index contributed by atoms with van der Waals surface area (Å²) in [4.78, 5) is 4.01. The third-order valence-corrected chi connectivity index (χ3v) is 2.05. The van der Waals surface area contributed by atoms with E-state index >= 15 is 0 Å². The summed E-state index contributed by atoms with van der Waals surface area (Å²) in [5, 5.41) is 0. The van der Waals surface area contributed by atoms with Crippen LogP contribution in [0.1, 0.15) is 17.0 Å². The first-order valence-electron chi connectivity index (χ1n) is 4.49. The first kappa shape index (κ1) is 8.75. The van der Waals surface area contributed by atoms with Gasteiger partial charge in [-0.15, -0.1) is 0 Å². The van der Waals surface area contributed by atoms with Crippen LogP contribution in [0.5, 0.6) is 0 Å². The molecule has 0 saturated heterocycles. The van der Waals surface area contributed by atoms with Crippen LogP contribution in [-0.4, -0.2) is 4.98 Å². The van der Waals surface area contributed by atoms with Crippen molar-refractivity contribution < 1.29 is 4.42 Å². The van der Waals surface area contributed by atoms with Crippen LogP contribution in [0.15, 0.2) is 41.1 Å². The molecule has 0 saturated carbocycles. The van der Waals surface area contributed by atoms with Crippen molar-refractivity contribution in [2.75, 3.05) is 0 Å². The van der Waals surface area contributed by atoms with Crippen LogP contribution in [0.3, 0.4) is 0 Å². The lowest BCUT2D eigenvalue weighted by atomic mass is 10.1. The second-order valence-electron chi connectivity index (χ2n) is 3.06. The minimum Gasteiger partial charge on any atom is -0.445 e. The Morgan fingerprint density at radius 2 is 2.07 bits per heavy atom. The van der Waals surface area contributed by atoms with Crippen molar-refractivity contribution in [3.8, 4) is 0 Å². The van der Waals surface area contributed by atoms with E-state index in [-0.39, 0.29) is 0 Å². The van der Waals surface area contributed by atoms with Crippen molar-refractivity contribution in [3.05, 3.63) is 53.7 Å². The second-order valence-corrected chi connectivity index (χ2v) is 3.06. The number of oxazole rings is 1. The Balaban J connectivity index is 2.23. The van der Waals surface area contributed by atoms with E-state index in [0.717, 1.165) is 0 Å². The monoisotopic (exact) mass is 185 g/mol. The standard InChI is InChI=1S/C12H11NO/c1-10-4-2-3-5-11(10)6-7-12-13-8-9-14-12/h2-9H,1H3. The maximum absolute atomic E-state index is 5.10. The summed E-state index contributed by atoms with van der Waals surface area (Å²) >= 11 is 0. The van der Waals surface area contributed by atoms with Crippen molar-refractivity contribution in [2.24, 2.45) is 0 Å². The zero-order valence-corrected chi connectivity index (χ0v) is 7.97. The molecule has 70 valence electrons. The number of aryl methyl sites for hydroxylation is 1. The lowest BCUT2D eigenvalue weighted by Gasteiger charge is -1.96. The number of hydrogen-bond acceptors (Lipinski definition) is 2. The van der Waals surface area contributed by atoms with Crippen molar-refractivity contribution in [2.45, 2.75) is 6.92 Å². The van der Waals surface area contributed by atoms with Gasteiger partial charge in [0.25, 0.3) is 0 Å². The summed E-state index contributed by atoms with van der Waals surface area (Å²) in [6.07, 6.45) is 7.07. The van der Waals surface area contributed by atoms with Crippen LogP contribution in [0, 0.1) is 6.92 Å². The molecular formula is C12H11NO. The highest BCUT2D eigenvalue weighted by molar-refractivity contribution is 5.67. The molecule has 0 aliphatic rings. The third kappa shape index (κ3) is 1.91. The van der Waals surface area contributed by atoms with E-state index in [0.29, 0.717) is 5.89 Å². The van der Waals surface area contributed by atoms with Crippen molar-refractivity contribution in [3.63, 3.8) is 0 Å². The smallest absolute Gasteiger partial charge is 0.218 e. The fraction of sp³-hybridized carbons (Fsp3) is 0.0833. The van der Waals surface area contributed by atoms with E-state index in [1.54, 1.807) is 12.5 Å². The minimum absolute atomic E-state index is 0.633. The lowest BCUT2D eigenvalue weighted by molar-refractivity contribution is 0.547. The molecule has 1 heterocycles. The summed E-state index contributed by atoms with van der Waals surface area (Å²) in [6.45, 7) is 2.08. The van der Waals surface area contributed by atoms with Gasteiger partial charge in [-0.25, -0.2) is 4.98 Å². The Morgan fingerprint density at radius 1 is 1.21 bits per heavy atom. The highest BCUT2D eigenvalue weighted by Gasteiger charge is 1.92. The van der Waals surface area contributed by atoms with Gasteiger partial charge in [0.15, 0.2) is 0 Å². The molecule has 0 spiro atoms. The topological polar surface area (TPSA) is 26.0 Å². The Hall–Kier alpha value is -1.83. The van der Waals surface area contributed by atoms with Crippen LogP contribution in [0.2, 0.25) is 0 Å². The molecule has 2 nitrogen and oxygen atoms in total. The van der Waals surface area contributed by atoms with Gasteiger partial charge >= 0.3 is 0 Å². The number of aromatic nitrogens is 1. The first-order chi connectivity index (χ1) is 6.86. The largest absolute Gasteiger partial charge is 0.445 e. The molecule has 2 heteroatoms. The average molecular weight is 185 g/mol. The SMILES string of the molecule is Cc1ccccc1C=Cc1ncco1. The molecule has 0 bridgehead atoms. The fourth-order valence-electron chi connectivity index (χ4n) is 1.25. The van der Waals surface area contributed by atoms with Crippen LogP contribution in [-0.2, 0) is 0 Å². The van der Waals surface area contributed by atoms with Gasteiger partial charge in [-0.3, -0.25) is 0 Å². The lowest BCUT2D eigenvalue weighted by Crippen LogP contribution is -1.77. The Labute approximate surface area is 82.9 Å². The molecule has 14 heavy (non-hydrogen) atoms. The van der Waals surface area contributed by atoms with Gasteiger partial charge in [0.05, 0.1) is 6.20 Å². The Bertz CT molecular complexity index is 429. The molecule has 2 rings (SSSR count). The molecule has 1 aromatic carbocycles. The maximum atomic E-state index is 5.10. The Kier molecular flexibility index (Phi) is 2.45. The number of rotatable bonds is 2. The molecule has 0 unspecified atom stereocenters. The van der Waals surface area contributed by atoms with Gasteiger partial charge in [-0.2, -0.15) is 0 Å². The van der Waals surface area contributed by atoms with E-state index in [2.05, 4.69) is 24.0 Å². The third-order valence-electron chi connectivity index (χ3n) is 2.05. The fourth-order valence-corrected chi connectivity index (χ4v) is 1.25. The summed E-state index contributed by atoms with van der Waals surface area (Å²) in [5.41, 5.74) is 2.43. The molecule has 0 N–H and O–H groups in total. The zero-order valence-electron chi connectivity index (χ0n) is 7.97. The number of hydrogen-bond donors (Lipinski definition) is 0.